The Balaban J connectivity index is 1.48. The van der Waals surface area contributed by atoms with Gasteiger partial charge in [-0.1, -0.05) is 89.1 Å². The maximum Gasteiger partial charge on any atom is 0.398 e. The average molecular weight is 472 g/mol. The lowest BCUT2D eigenvalue weighted by molar-refractivity contribution is 0.0236. The largest absolute Gasteiger partial charge is 0.444 e. The monoisotopic (exact) mass is 471 g/mol. The maximum absolute atomic E-state index is 12.5. The van der Waals surface area contributed by atoms with Gasteiger partial charge in [-0.3, -0.25) is 0 Å². The lowest BCUT2D eigenvalue weighted by atomic mass is 10.1. The number of aryl methyl sites for hydroxylation is 1. The minimum Gasteiger partial charge on any atom is -0.444 e. The van der Waals surface area contributed by atoms with Crippen LogP contribution in [0.1, 0.15) is 82.1 Å². The lowest BCUT2D eigenvalue weighted by Crippen LogP contribution is -2.23. The predicted octanol–water partition coefficient (Wildman–Crippen LogP) is 7.31. The second kappa shape index (κ2) is 14.2. The van der Waals surface area contributed by atoms with Crippen LogP contribution in [-0.4, -0.2) is 17.7 Å². The van der Waals surface area contributed by atoms with Gasteiger partial charge in [0.25, 0.3) is 0 Å². The molecule has 1 aromatic carbocycles. The van der Waals surface area contributed by atoms with E-state index in [0.717, 1.165) is 24.8 Å². The van der Waals surface area contributed by atoms with Crippen molar-refractivity contribution in [3.63, 3.8) is 0 Å². The van der Waals surface area contributed by atoms with Gasteiger partial charge in [0.15, 0.2) is 0 Å². The van der Waals surface area contributed by atoms with E-state index in [-0.39, 0.29) is 17.8 Å². The molecule has 0 saturated carbocycles. The number of aromatic nitrogens is 1. The summed E-state index contributed by atoms with van der Waals surface area (Å²) in [7, 11) is 0. The molecule has 0 saturated heterocycles. The van der Waals surface area contributed by atoms with Gasteiger partial charge in [0.1, 0.15) is 10.9 Å². The van der Waals surface area contributed by atoms with Crippen molar-refractivity contribution in [2.75, 3.05) is 6.61 Å². The molecule has 0 bridgehead atoms. The maximum atomic E-state index is 12.5. The van der Waals surface area contributed by atoms with Gasteiger partial charge in [0.05, 0.1) is 18.6 Å². The highest BCUT2D eigenvalue weighted by atomic mass is 32.1. The number of benzene rings is 1. The minimum absolute atomic E-state index is 0.0307. The summed E-state index contributed by atoms with van der Waals surface area (Å²) in [6.07, 6.45) is 11.9. The summed E-state index contributed by atoms with van der Waals surface area (Å²) in [4.78, 5) is 18.8. The van der Waals surface area contributed by atoms with Crippen molar-refractivity contribution >= 4 is 21.6 Å². The summed E-state index contributed by atoms with van der Waals surface area (Å²) in [5, 5.41) is 0.551. The molecule has 33 heavy (non-hydrogen) atoms. The Hall–Kier alpha value is -2.18. The summed E-state index contributed by atoms with van der Waals surface area (Å²) in [6, 6.07) is 12.0. The predicted molar refractivity (Wildman–Crippen MR) is 135 cm³/mol. The number of ether oxygens (including phenoxy) is 2. The first-order valence-corrected chi connectivity index (χ1v) is 13.2. The van der Waals surface area contributed by atoms with E-state index in [0.29, 0.717) is 23.4 Å². The normalized spacial score (nSPS) is 12.3. The van der Waals surface area contributed by atoms with E-state index in [2.05, 4.69) is 11.9 Å². The number of unbranched alkanes of at least 4 members (excludes halogenated alkanes) is 7. The molecule has 0 aliphatic heterocycles. The van der Waals surface area contributed by atoms with Crippen LogP contribution in [0.3, 0.4) is 0 Å². The van der Waals surface area contributed by atoms with Crippen LogP contribution in [0.5, 0.6) is 6.08 Å². The highest BCUT2D eigenvalue weighted by Crippen LogP contribution is 2.25. The summed E-state index contributed by atoms with van der Waals surface area (Å²) >= 11 is 1.57. The molecule has 5 nitrogen and oxygen atoms in total. The van der Waals surface area contributed by atoms with E-state index >= 15 is 0 Å². The van der Waals surface area contributed by atoms with Crippen molar-refractivity contribution in [2.24, 2.45) is 0 Å². The fourth-order valence-electron chi connectivity index (χ4n) is 3.77. The highest BCUT2D eigenvalue weighted by Gasteiger charge is 2.16. The topological polar surface area (TPSA) is 61.6 Å². The van der Waals surface area contributed by atoms with Crippen LogP contribution in [0.4, 0.5) is 0 Å². The molecule has 3 rings (SSSR count). The Morgan fingerprint density at radius 2 is 1.73 bits per heavy atom. The Kier molecular flexibility index (Phi) is 10.9. The van der Waals surface area contributed by atoms with Crippen LogP contribution in [0, 0.1) is 0 Å². The molecule has 2 heterocycles. The molecular weight excluding hydrogens is 434 g/mol. The van der Waals surface area contributed by atoms with Gasteiger partial charge in [0, 0.05) is 4.88 Å². The molecule has 1 unspecified atom stereocenters. The number of fused-ring (bicyclic) bond motifs is 1. The van der Waals surface area contributed by atoms with Gasteiger partial charge in [0.2, 0.25) is 0 Å². The lowest BCUT2D eigenvalue weighted by Gasteiger charge is -2.15. The van der Waals surface area contributed by atoms with Crippen LogP contribution < -0.4 is 10.4 Å². The van der Waals surface area contributed by atoms with Gasteiger partial charge >= 0.3 is 11.7 Å². The number of hydrogen-bond acceptors (Lipinski definition) is 6. The molecule has 180 valence electrons. The molecule has 0 aliphatic rings. The van der Waals surface area contributed by atoms with Crippen LogP contribution >= 0.6 is 11.3 Å². The SMILES string of the molecule is CCCCCCCCCCc1cc2c(=O)oc(OC(CC)COCc3ccccc3)nc2s1. The number of nitrogens with zero attached hydrogens (tertiary/aromatic N) is 1. The third kappa shape index (κ3) is 8.59. The fourth-order valence-corrected chi connectivity index (χ4v) is 4.81. The molecule has 0 aliphatic carbocycles. The molecule has 3 aromatic rings. The molecular formula is C27H37NO4S. The first-order valence-electron chi connectivity index (χ1n) is 12.4. The van der Waals surface area contributed by atoms with E-state index in [1.807, 2.05) is 43.3 Å². The summed E-state index contributed by atoms with van der Waals surface area (Å²) in [5.41, 5.74) is 0.731. The van der Waals surface area contributed by atoms with Crippen LogP contribution in [0.2, 0.25) is 0 Å². The third-order valence-electron chi connectivity index (χ3n) is 5.77. The fraction of sp³-hybridized carbons (Fsp3) is 0.556. The molecule has 0 spiro atoms. The minimum atomic E-state index is -0.381. The Morgan fingerprint density at radius 3 is 2.45 bits per heavy atom. The summed E-state index contributed by atoms with van der Waals surface area (Å²) in [5.74, 6) is 0. The molecule has 0 fully saturated rings. The quantitative estimate of drug-likeness (QED) is 0.205. The molecule has 0 amide bonds. The number of rotatable bonds is 16. The van der Waals surface area contributed by atoms with Crippen molar-refractivity contribution < 1.29 is 13.9 Å². The van der Waals surface area contributed by atoms with Crippen molar-refractivity contribution in [2.45, 2.75) is 90.8 Å². The van der Waals surface area contributed by atoms with E-state index in [4.69, 9.17) is 13.9 Å². The van der Waals surface area contributed by atoms with Crippen molar-refractivity contribution in [3.8, 4) is 6.08 Å². The van der Waals surface area contributed by atoms with E-state index in [1.165, 1.54) is 49.8 Å². The van der Waals surface area contributed by atoms with Crippen molar-refractivity contribution in [1.29, 1.82) is 0 Å². The zero-order valence-electron chi connectivity index (χ0n) is 20.0. The second-order valence-electron chi connectivity index (χ2n) is 8.57. The number of hydrogen-bond donors (Lipinski definition) is 0. The zero-order valence-corrected chi connectivity index (χ0v) is 20.8. The molecule has 2 aromatic heterocycles. The Labute approximate surface area is 201 Å². The van der Waals surface area contributed by atoms with E-state index < -0.39 is 0 Å². The molecule has 0 radical (unpaired) electrons. The second-order valence-corrected chi connectivity index (χ2v) is 9.69. The van der Waals surface area contributed by atoms with Gasteiger partial charge in [-0.2, -0.15) is 4.98 Å². The molecule has 6 heteroatoms. The van der Waals surface area contributed by atoms with Crippen molar-refractivity contribution in [3.05, 3.63) is 57.3 Å². The highest BCUT2D eigenvalue weighted by molar-refractivity contribution is 7.18. The van der Waals surface area contributed by atoms with Gasteiger partial charge in [-0.05, 0) is 30.9 Å². The molecule has 1 atom stereocenters. The van der Waals surface area contributed by atoms with E-state index in [9.17, 15) is 4.79 Å². The summed E-state index contributed by atoms with van der Waals surface area (Å²) < 4.78 is 17.0. The van der Waals surface area contributed by atoms with Gasteiger partial charge in [-0.25, -0.2) is 4.79 Å². The van der Waals surface area contributed by atoms with Crippen LogP contribution in [-0.2, 0) is 17.8 Å². The van der Waals surface area contributed by atoms with Crippen LogP contribution in [0.25, 0.3) is 10.2 Å². The average Bonchev–Trinajstić information content (AvgIpc) is 3.24. The molecule has 0 N–H and O–H groups in total. The summed E-state index contributed by atoms with van der Waals surface area (Å²) in [6.45, 7) is 5.19. The Bertz CT molecular complexity index is 998. The first kappa shape index (κ1) is 25.4. The van der Waals surface area contributed by atoms with Gasteiger partial charge in [-0.15, -0.1) is 11.3 Å². The van der Waals surface area contributed by atoms with Crippen molar-refractivity contribution in [1.82, 2.24) is 4.98 Å². The van der Waals surface area contributed by atoms with Crippen LogP contribution in [0.15, 0.2) is 45.6 Å². The smallest absolute Gasteiger partial charge is 0.398 e. The van der Waals surface area contributed by atoms with E-state index in [1.54, 1.807) is 11.3 Å². The zero-order chi connectivity index (χ0) is 23.3. The Morgan fingerprint density at radius 1 is 1.00 bits per heavy atom. The third-order valence-corrected chi connectivity index (χ3v) is 6.86. The first-order chi connectivity index (χ1) is 16.2. The number of thiophene rings is 1. The van der Waals surface area contributed by atoms with Gasteiger partial charge < -0.3 is 13.9 Å². The standard InChI is InChI=1S/C27H37NO4S/c1-3-5-6-7-8-9-10-14-17-23-18-24-25(33-23)28-27(32-26(24)29)31-22(4-2)20-30-19-21-15-12-11-13-16-21/h11-13,15-16,18,22H,3-10,14,17,19-20H2,1-2H3.